The number of rotatable bonds is 6. The Hall–Kier alpha value is -5.12. The van der Waals surface area contributed by atoms with Crippen LogP contribution in [-0.4, -0.2) is 84.0 Å². The van der Waals surface area contributed by atoms with Crippen molar-refractivity contribution in [3.63, 3.8) is 0 Å². The quantitative estimate of drug-likeness (QED) is 0.316. The van der Waals surface area contributed by atoms with E-state index >= 15 is 0 Å². The molecule has 54 heavy (non-hydrogen) atoms. The molecule has 0 radical (unpaired) electrons. The molecule has 290 valence electrons. The number of allylic oxidation sites excluding steroid dienone is 1. The Kier molecular flexibility index (Phi) is 11.2. The predicted octanol–water partition coefficient (Wildman–Crippen LogP) is 3.87. The minimum atomic E-state index is -4.39. The van der Waals surface area contributed by atoms with Crippen LogP contribution in [0.15, 0.2) is 66.7 Å². The molecule has 16 heteroatoms. The van der Waals surface area contributed by atoms with E-state index in [0.717, 1.165) is 24.0 Å². The van der Waals surface area contributed by atoms with Crippen LogP contribution in [0.3, 0.4) is 0 Å². The number of fused-ring (bicyclic) bond motifs is 3. The third-order valence-electron chi connectivity index (χ3n) is 9.96. The highest BCUT2D eigenvalue weighted by Crippen LogP contribution is 2.46. The average molecular weight is 765 g/mol. The Bertz CT molecular complexity index is 1870. The second-order valence-corrected chi connectivity index (χ2v) is 16.7. The molecule has 0 unspecified atom stereocenters. The smallest absolute Gasteiger partial charge is 0.410 e. The van der Waals surface area contributed by atoms with Gasteiger partial charge in [0.25, 0.3) is 5.91 Å². The van der Waals surface area contributed by atoms with Crippen LogP contribution in [0.4, 0.5) is 15.3 Å². The van der Waals surface area contributed by atoms with Gasteiger partial charge in [-0.1, -0.05) is 67.5 Å². The van der Waals surface area contributed by atoms with Crippen LogP contribution >= 0.6 is 0 Å². The lowest BCUT2D eigenvalue weighted by atomic mass is 10.0. The zero-order chi connectivity index (χ0) is 38.7. The molecule has 5 atom stereocenters. The van der Waals surface area contributed by atoms with Crippen molar-refractivity contribution in [2.75, 3.05) is 11.3 Å². The number of nitrogens with one attached hydrogen (secondary N) is 4. The SMILES string of the molecule is CC(C)(C)OC(=O)N[C@@H]1CCCCCC=C[C@@H]2C[C@@]2(C(=O)NS(=O)(=O)Nc2ccccc2)NC(=O)[C@@H]2C[C@@H](OC(=O)N3Cc4ccccc4C3)CN2C1=O. The Morgan fingerprint density at radius 1 is 0.944 bits per heavy atom. The molecule has 1 aliphatic carbocycles. The fourth-order valence-corrected chi connectivity index (χ4v) is 8.12. The number of hydrogen-bond acceptors (Lipinski definition) is 9. The molecule has 0 aromatic heterocycles. The van der Waals surface area contributed by atoms with Crippen LogP contribution in [0.25, 0.3) is 0 Å². The second kappa shape index (κ2) is 15.7. The first-order chi connectivity index (χ1) is 25.6. The molecule has 0 bridgehead atoms. The highest BCUT2D eigenvalue weighted by Gasteiger charge is 2.61. The largest absolute Gasteiger partial charge is 0.444 e. The van der Waals surface area contributed by atoms with E-state index in [9.17, 15) is 32.4 Å². The minimum Gasteiger partial charge on any atom is -0.444 e. The first-order valence-electron chi connectivity index (χ1n) is 18.3. The van der Waals surface area contributed by atoms with Crippen LogP contribution in [0.5, 0.6) is 0 Å². The molecule has 2 aromatic rings. The summed E-state index contributed by atoms with van der Waals surface area (Å²) in [7, 11) is -4.39. The fourth-order valence-electron chi connectivity index (χ4n) is 7.19. The molecule has 0 spiro atoms. The van der Waals surface area contributed by atoms with Gasteiger partial charge in [0.2, 0.25) is 11.8 Å². The summed E-state index contributed by atoms with van der Waals surface area (Å²) in [6, 6.07) is 13.4. The summed E-state index contributed by atoms with van der Waals surface area (Å²) < 4.78 is 41.8. The van der Waals surface area contributed by atoms with Gasteiger partial charge >= 0.3 is 22.4 Å². The number of carbonyl (C=O) groups excluding carboxylic acids is 5. The molecule has 2 fully saturated rings. The topological polar surface area (TPSA) is 193 Å². The maximum Gasteiger partial charge on any atom is 0.410 e. The van der Waals surface area contributed by atoms with E-state index in [0.29, 0.717) is 25.9 Å². The van der Waals surface area contributed by atoms with Gasteiger partial charge < -0.3 is 25.0 Å². The number of alkyl carbamates (subject to hydrolysis) is 1. The van der Waals surface area contributed by atoms with Crippen molar-refractivity contribution < 1.29 is 41.9 Å². The lowest BCUT2D eigenvalue weighted by Crippen LogP contribution is -2.58. The van der Waals surface area contributed by atoms with Gasteiger partial charge in [-0.2, -0.15) is 8.42 Å². The third-order valence-corrected chi connectivity index (χ3v) is 10.9. The van der Waals surface area contributed by atoms with Gasteiger partial charge in [0.05, 0.1) is 12.2 Å². The fraction of sp³-hybridized carbons (Fsp3) is 0.500. The summed E-state index contributed by atoms with van der Waals surface area (Å²) in [6.07, 6.45) is 4.44. The highest BCUT2D eigenvalue weighted by molar-refractivity contribution is 7.91. The van der Waals surface area contributed by atoms with E-state index in [1.54, 1.807) is 49.9 Å². The molecular formula is C38H48N6O9S. The summed E-state index contributed by atoms with van der Waals surface area (Å²) in [6.45, 7) is 5.68. The summed E-state index contributed by atoms with van der Waals surface area (Å²) in [5, 5.41) is 5.48. The van der Waals surface area contributed by atoms with E-state index in [1.807, 2.05) is 30.3 Å². The van der Waals surface area contributed by atoms with Crippen molar-refractivity contribution in [1.82, 2.24) is 25.2 Å². The Morgan fingerprint density at radius 3 is 2.31 bits per heavy atom. The summed E-state index contributed by atoms with van der Waals surface area (Å²) in [5.74, 6) is -2.74. The van der Waals surface area contributed by atoms with Crippen molar-refractivity contribution in [2.24, 2.45) is 5.92 Å². The van der Waals surface area contributed by atoms with Crippen LogP contribution in [0.2, 0.25) is 0 Å². The van der Waals surface area contributed by atoms with Gasteiger partial charge in [-0.05, 0) is 69.7 Å². The number of ether oxygens (including phenoxy) is 2. The minimum absolute atomic E-state index is 0.0880. The zero-order valence-corrected chi connectivity index (χ0v) is 31.5. The molecule has 1 saturated carbocycles. The van der Waals surface area contributed by atoms with E-state index < -0.39 is 75.4 Å². The van der Waals surface area contributed by atoms with Gasteiger partial charge in [0.1, 0.15) is 29.3 Å². The maximum absolute atomic E-state index is 14.4. The van der Waals surface area contributed by atoms with E-state index in [1.165, 1.54) is 17.0 Å². The van der Waals surface area contributed by atoms with Crippen molar-refractivity contribution >= 4 is 45.8 Å². The lowest BCUT2D eigenvalue weighted by Gasteiger charge is -2.30. The summed E-state index contributed by atoms with van der Waals surface area (Å²) in [4.78, 5) is 71.6. The number of anilines is 1. The predicted molar refractivity (Wildman–Crippen MR) is 198 cm³/mol. The molecule has 1 saturated heterocycles. The molecule has 4 N–H and O–H groups in total. The Balaban J connectivity index is 1.25. The average Bonchev–Trinajstić information content (AvgIpc) is 3.40. The first kappa shape index (κ1) is 38.6. The standard InChI is InChI=1S/C38H48N6O9S/c1-37(2,3)53-35(48)39-30-19-11-6-4-5-8-16-27-21-38(27,34(47)42-54(50,51)41-28-17-9-7-10-18-28)40-32(45)31-20-29(24-44(31)33(30)46)52-36(49)43-22-25-14-12-13-15-26(25)23-43/h7-10,12-18,27,29-31,41H,4-6,11,19-24H2,1-3H3,(H,39,48)(H,40,45)(H,42,47)/t27-,29-,30-,31+,38-/m1/s1. The Morgan fingerprint density at radius 2 is 1.63 bits per heavy atom. The Labute approximate surface area is 315 Å². The summed E-state index contributed by atoms with van der Waals surface area (Å²) in [5.41, 5.74) is -0.225. The zero-order valence-electron chi connectivity index (χ0n) is 30.7. The second-order valence-electron chi connectivity index (χ2n) is 15.3. The molecule has 4 aliphatic rings. The molecule has 3 heterocycles. The number of para-hydroxylation sites is 1. The third kappa shape index (κ3) is 9.32. The molecule has 15 nitrogen and oxygen atoms in total. The van der Waals surface area contributed by atoms with E-state index in [4.69, 9.17) is 9.47 Å². The van der Waals surface area contributed by atoms with E-state index in [-0.39, 0.29) is 31.5 Å². The van der Waals surface area contributed by atoms with Crippen molar-refractivity contribution in [3.8, 4) is 0 Å². The summed E-state index contributed by atoms with van der Waals surface area (Å²) >= 11 is 0. The molecule has 6 rings (SSSR count). The van der Waals surface area contributed by atoms with Crippen molar-refractivity contribution in [2.45, 2.75) is 108 Å². The van der Waals surface area contributed by atoms with Gasteiger partial charge in [-0.3, -0.25) is 24.0 Å². The van der Waals surface area contributed by atoms with Crippen molar-refractivity contribution in [1.29, 1.82) is 0 Å². The number of benzene rings is 2. The number of carbonyl (C=O) groups is 5. The van der Waals surface area contributed by atoms with Gasteiger partial charge in [0, 0.05) is 25.4 Å². The maximum atomic E-state index is 14.4. The van der Waals surface area contributed by atoms with Crippen LogP contribution in [-0.2, 0) is 47.2 Å². The van der Waals surface area contributed by atoms with Crippen molar-refractivity contribution in [3.05, 3.63) is 77.9 Å². The normalized spacial score (nSPS) is 25.8. The molecule has 2 aromatic carbocycles. The monoisotopic (exact) mass is 764 g/mol. The molecule has 3 aliphatic heterocycles. The lowest BCUT2D eigenvalue weighted by molar-refractivity contribution is -0.141. The molecular weight excluding hydrogens is 717 g/mol. The van der Waals surface area contributed by atoms with Crippen LogP contribution in [0, 0.1) is 5.92 Å². The van der Waals surface area contributed by atoms with Crippen LogP contribution < -0.4 is 20.1 Å². The first-order valence-corrected chi connectivity index (χ1v) is 19.8. The van der Waals surface area contributed by atoms with E-state index in [2.05, 4.69) is 20.1 Å². The number of nitrogens with zero attached hydrogens (tertiary/aromatic N) is 2. The highest BCUT2D eigenvalue weighted by atomic mass is 32.2. The van der Waals surface area contributed by atoms with Crippen LogP contribution in [0.1, 0.15) is 76.8 Å². The number of amides is 5. The van der Waals surface area contributed by atoms with Gasteiger partial charge in [0.15, 0.2) is 0 Å². The molecule has 5 amide bonds. The number of hydrogen-bond donors (Lipinski definition) is 4. The van der Waals surface area contributed by atoms with Gasteiger partial charge in [-0.15, -0.1) is 0 Å². The van der Waals surface area contributed by atoms with Gasteiger partial charge in [-0.25, -0.2) is 14.3 Å².